The van der Waals surface area contributed by atoms with Gasteiger partial charge in [0.05, 0.1) is 17.9 Å². The van der Waals surface area contributed by atoms with Gasteiger partial charge in [0.15, 0.2) is 16.2 Å². The van der Waals surface area contributed by atoms with E-state index < -0.39 is 14.6 Å². The minimum absolute atomic E-state index is 0. The molecule has 0 spiro atoms. The normalized spacial score (nSPS) is 11.4. The highest BCUT2D eigenvalue weighted by Gasteiger charge is 2.32. The van der Waals surface area contributed by atoms with Crippen molar-refractivity contribution in [3.05, 3.63) is 33.3 Å². The summed E-state index contributed by atoms with van der Waals surface area (Å²) in [5, 5.41) is 11.7. The molecule has 0 saturated carbocycles. The maximum atomic E-state index is 10.7. The van der Waals surface area contributed by atoms with E-state index in [9.17, 15) is 10.1 Å². The SMILES string of the molecule is CC[n+]1c(C)[s+](Cl)c2cc([N+](=O)[O-])ccc21.[I-]. The molecule has 1 atom stereocenters. The van der Waals surface area contributed by atoms with E-state index in [0.29, 0.717) is 0 Å². The van der Waals surface area contributed by atoms with Gasteiger partial charge in [-0.2, -0.15) is 0 Å². The van der Waals surface area contributed by atoms with Crippen LogP contribution in [0.4, 0.5) is 5.69 Å². The van der Waals surface area contributed by atoms with Crippen LogP contribution in [-0.2, 0) is 6.54 Å². The summed E-state index contributed by atoms with van der Waals surface area (Å²) < 4.78 is 2.95. The zero-order chi connectivity index (χ0) is 11.9. The fraction of sp³-hybridized carbons (Fsp3) is 0.300. The standard InChI is InChI=1S/C10H11ClN2O2S.HI/c1-3-12-7(2)16(11)10-6-8(13(14)15)4-5-9(10)12;/h4-6H,3H2,1-2H3;1H/q+2;/p-1. The summed E-state index contributed by atoms with van der Waals surface area (Å²) in [4.78, 5) is 10.3. The molecule has 1 aromatic heterocycles. The summed E-state index contributed by atoms with van der Waals surface area (Å²) in [6, 6.07) is 4.87. The number of aromatic nitrogens is 1. The van der Waals surface area contributed by atoms with Gasteiger partial charge in [-0.1, -0.05) is 0 Å². The predicted molar refractivity (Wildman–Crippen MR) is 64.9 cm³/mol. The van der Waals surface area contributed by atoms with Crippen LogP contribution < -0.4 is 28.5 Å². The number of non-ortho nitro benzene ring substituents is 1. The lowest BCUT2D eigenvalue weighted by molar-refractivity contribution is -0.669. The highest BCUT2D eigenvalue weighted by Crippen LogP contribution is 2.37. The smallest absolute Gasteiger partial charge is 0.397 e. The van der Waals surface area contributed by atoms with Crippen molar-refractivity contribution in [2.75, 3.05) is 0 Å². The van der Waals surface area contributed by atoms with E-state index in [1.807, 2.05) is 13.8 Å². The molecule has 0 bridgehead atoms. The van der Waals surface area contributed by atoms with Crippen molar-refractivity contribution in [1.29, 1.82) is 0 Å². The van der Waals surface area contributed by atoms with Crippen molar-refractivity contribution in [2.45, 2.75) is 20.4 Å². The van der Waals surface area contributed by atoms with E-state index in [1.54, 1.807) is 12.1 Å². The Kier molecular flexibility index (Phi) is 4.68. The van der Waals surface area contributed by atoms with Crippen molar-refractivity contribution in [2.24, 2.45) is 0 Å². The molecule has 1 heterocycles. The number of hydrogen-bond donors (Lipinski definition) is 0. The zero-order valence-corrected chi connectivity index (χ0v) is 13.0. The second kappa shape index (κ2) is 5.45. The van der Waals surface area contributed by atoms with Gasteiger partial charge in [0.2, 0.25) is 10.7 Å². The number of aryl methyl sites for hydroxylation is 1. The lowest BCUT2D eigenvalue weighted by Crippen LogP contribution is -3.00. The molecule has 0 amide bonds. The van der Waals surface area contributed by atoms with Gasteiger partial charge < -0.3 is 24.0 Å². The number of halogens is 2. The Morgan fingerprint density at radius 2 is 2.18 bits per heavy atom. The van der Waals surface area contributed by atoms with Crippen molar-refractivity contribution >= 4 is 36.3 Å². The molecule has 1 aromatic carbocycles. The Morgan fingerprint density at radius 1 is 1.53 bits per heavy atom. The van der Waals surface area contributed by atoms with Crippen molar-refractivity contribution in [1.82, 2.24) is 0 Å². The summed E-state index contributed by atoms with van der Waals surface area (Å²) in [7, 11) is 5.73. The molecule has 0 N–H and O–H groups in total. The molecule has 0 aliphatic carbocycles. The minimum Gasteiger partial charge on any atom is -1.00 e. The molecule has 0 radical (unpaired) electrons. The molecule has 0 aliphatic rings. The van der Waals surface area contributed by atoms with Crippen molar-refractivity contribution in [3.63, 3.8) is 0 Å². The van der Waals surface area contributed by atoms with Crippen LogP contribution in [0.5, 0.6) is 0 Å². The van der Waals surface area contributed by atoms with Gasteiger partial charge in [0.1, 0.15) is 0 Å². The van der Waals surface area contributed by atoms with Gasteiger partial charge in [-0.15, -0.1) is 4.57 Å². The summed E-state index contributed by atoms with van der Waals surface area (Å²) in [5.41, 5.74) is 1.09. The fourth-order valence-electron chi connectivity index (χ4n) is 1.80. The molecular weight excluding hydrogens is 375 g/mol. The van der Waals surface area contributed by atoms with Crippen LogP contribution in [0.2, 0.25) is 0 Å². The van der Waals surface area contributed by atoms with Crippen LogP contribution in [0.1, 0.15) is 11.9 Å². The maximum Gasteiger partial charge on any atom is 0.397 e. The molecule has 4 nitrogen and oxygen atoms in total. The number of rotatable bonds is 2. The van der Waals surface area contributed by atoms with Crippen LogP contribution in [-0.4, -0.2) is 4.92 Å². The third-order valence-electron chi connectivity index (χ3n) is 2.59. The first-order valence-electron chi connectivity index (χ1n) is 4.86. The lowest BCUT2D eigenvalue weighted by atomic mass is 10.3. The third-order valence-corrected chi connectivity index (χ3v) is 5.21. The van der Waals surface area contributed by atoms with Gasteiger partial charge >= 0.3 is 5.01 Å². The molecule has 2 rings (SSSR count). The highest BCUT2D eigenvalue weighted by molar-refractivity contribution is 7.65. The highest BCUT2D eigenvalue weighted by atomic mass is 127. The molecule has 7 heteroatoms. The Bertz CT molecular complexity index is 585. The zero-order valence-electron chi connectivity index (χ0n) is 9.31. The lowest BCUT2D eigenvalue weighted by Gasteiger charge is -1.87. The molecule has 0 fully saturated rings. The van der Waals surface area contributed by atoms with E-state index in [0.717, 1.165) is 21.8 Å². The van der Waals surface area contributed by atoms with Crippen molar-refractivity contribution < 1.29 is 33.5 Å². The molecule has 1 unspecified atom stereocenters. The monoisotopic (exact) mass is 385 g/mol. The van der Waals surface area contributed by atoms with Gasteiger partial charge in [-0.3, -0.25) is 10.1 Å². The molecule has 0 saturated heterocycles. The quantitative estimate of drug-likeness (QED) is 0.242. The summed E-state index contributed by atoms with van der Waals surface area (Å²) in [5.74, 6) is 0. The van der Waals surface area contributed by atoms with E-state index in [2.05, 4.69) is 4.57 Å². The van der Waals surface area contributed by atoms with E-state index in [4.69, 9.17) is 10.7 Å². The summed E-state index contributed by atoms with van der Waals surface area (Å²) in [6.45, 7) is 4.83. The number of nitro groups is 1. The second-order valence-corrected chi connectivity index (χ2v) is 5.90. The van der Waals surface area contributed by atoms with Crippen LogP contribution in [0.15, 0.2) is 18.2 Å². The second-order valence-electron chi connectivity index (χ2n) is 3.43. The molecular formula is C10H11ClIN2O2S+. The van der Waals surface area contributed by atoms with E-state index >= 15 is 0 Å². The van der Waals surface area contributed by atoms with Gasteiger partial charge in [0, 0.05) is 12.1 Å². The number of hydrogen-bond acceptors (Lipinski definition) is 2. The van der Waals surface area contributed by atoms with Crippen molar-refractivity contribution in [3.8, 4) is 0 Å². The van der Waals surface area contributed by atoms with Crippen LogP contribution >= 0.6 is 20.4 Å². The predicted octanol–water partition coefficient (Wildman–Crippen LogP) is 0.119. The van der Waals surface area contributed by atoms with Crippen LogP contribution in [0, 0.1) is 17.0 Å². The first-order chi connectivity index (χ1) is 7.56. The van der Waals surface area contributed by atoms with Gasteiger partial charge in [-0.25, -0.2) is 0 Å². The number of thiazole rings is 1. The first-order valence-corrected chi connectivity index (χ1v) is 6.91. The number of fused-ring (bicyclic) bond motifs is 1. The maximum absolute atomic E-state index is 10.7. The Morgan fingerprint density at radius 3 is 2.71 bits per heavy atom. The topological polar surface area (TPSA) is 47.0 Å². The molecule has 2 aromatic rings. The minimum atomic E-state index is -0.539. The van der Waals surface area contributed by atoms with Crippen LogP contribution in [0.25, 0.3) is 10.2 Å². The Labute approximate surface area is 123 Å². The Hall–Kier alpha value is -0.470. The number of nitro benzene ring substituents is 1. The summed E-state index contributed by atoms with van der Waals surface area (Å²) in [6.07, 6.45) is 0. The fourth-order valence-corrected chi connectivity index (χ4v) is 3.75. The number of nitrogens with zero attached hydrogens (tertiary/aromatic N) is 2. The van der Waals surface area contributed by atoms with E-state index in [-0.39, 0.29) is 29.7 Å². The Balaban J connectivity index is 0.00000144. The first kappa shape index (κ1) is 14.6. The van der Waals surface area contributed by atoms with Crippen LogP contribution in [0.3, 0.4) is 0 Å². The summed E-state index contributed by atoms with van der Waals surface area (Å²) >= 11 is 0. The van der Waals surface area contributed by atoms with Gasteiger partial charge in [0.25, 0.3) is 15.9 Å². The average Bonchev–Trinajstić information content (AvgIpc) is 2.51. The van der Waals surface area contributed by atoms with Gasteiger partial charge in [-0.05, 0) is 6.92 Å². The average molecular weight is 386 g/mol. The largest absolute Gasteiger partial charge is 1.00 e. The van der Waals surface area contributed by atoms with E-state index in [1.165, 1.54) is 6.07 Å². The number of benzene rings is 1. The molecule has 0 aliphatic heterocycles. The third kappa shape index (κ3) is 2.38. The molecule has 92 valence electrons. The molecule has 17 heavy (non-hydrogen) atoms.